The molecule has 0 bridgehead atoms. The molecule has 3 amide bonds. The van der Waals surface area contributed by atoms with Crippen LogP contribution in [0.2, 0.25) is 0 Å². The number of carbonyl (C=O) groups is 2. The van der Waals surface area contributed by atoms with Crippen LogP contribution in [-0.2, 0) is 17.6 Å². The molecule has 0 saturated carbocycles. The molecule has 186 valence electrons. The quantitative estimate of drug-likeness (QED) is 0.260. The number of phenolic OH excluding ortho intramolecular Hbond substituents is 1. The predicted molar refractivity (Wildman–Crippen MR) is 132 cm³/mol. The van der Waals surface area contributed by atoms with Gasteiger partial charge in [-0.15, -0.1) is 0 Å². The number of aliphatic hydroxyl groups is 2. The van der Waals surface area contributed by atoms with Crippen LogP contribution in [0.5, 0.6) is 5.75 Å². The van der Waals surface area contributed by atoms with E-state index in [9.17, 15) is 19.8 Å². The number of nitrogens with zero attached hydrogens (tertiary/aromatic N) is 1. The van der Waals surface area contributed by atoms with Crippen LogP contribution in [0, 0.1) is 0 Å². The lowest BCUT2D eigenvalue weighted by Gasteiger charge is -2.28. The van der Waals surface area contributed by atoms with Crippen molar-refractivity contribution in [1.29, 1.82) is 0 Å². The van der Waals surface area contributed by atoms with Crippen molar-refractivity contribution >= 4 is 17.6 Å². The van der Waals surface area contributed by atoms with Crippen molar-refractivity contribution in [2.75, 3.05) is 31.6 Å². The fourth-order valence-electron chi connectivity index (χ4n) is 3.77. The Hall–Kier alpha value is -3.14. The average Bonchev–Trinajstić information content (AvgIpc) is 2.77. The van der Waals surface area contributed by atoms with Gasteiger partial charge in [0.25, 0.3) is 0 Å². The van der Waals surface area contributed by atoms with Gasteiger partial charge < -0.3 is 36.6 Å². The number of urea groups is 1. The Morgan fingerprint density at radius 1 is 1.15 bits per heavy atom. The van der Waals surface area contributed by atoms with Crippen LogP contribution in [0.15, 0.2) is 42.5 Å². The monoisotopic (exact) mass is 472 g/mol. The number of primary amides is 1. The van der Waals surface area contributed by atoms with E-state index < -0.39 is 12.1 Å². The summed E-state index contributed by atoms with van der Waals surface area (Å²) in [5, 5.41) is 35.3. The molecule has 0 spiro atoms. The Morgan fingerprint density at radius 3 is 2.50 bits per heavy atom. The van der Waals surface area contributed by atoms with Crippen molar-refractivity contribution in [1.82, 2.24) is 10.2 Å². The molecule has 9 heteroatoms. The second-order valence-corrected chi connectivity index (χ2v) is 8.92. The zero-order valence-electron chi connectivity index (χ0n) is 20.0. The van der Waals surface area contributed by atoms with Gasteiger partial charge in [0.15, 0.2) is 0 Å². The molecule has 0 radical (unpaired) electrons. The van der Waals surface area contributed by atoms with Gasteiger partial charge in [-0.2, -0.15) is 0 Å². The molecule has 0 aliphatic rings. The number of anilines is 1. The van der Waals surface area contributed by atoms with Crippen molar-refractivity contribution in [3.05, 3.63) is 59.2 Å². The normalized spacial score (nSPS) is 12.3. The average molecular weight is 473 g/mol. The first-order valence-electron chi connectivity index (χ1n) is 11.3. The molecule has 2 aromatic carbocycles. The second-order valence-electron chi connectivity index (χ2n) is 8.92. The van der Waals surface area contributed by atoms with Gasteiger partial charge in [-0.25, -0.2) is 4.79 Å². The minimum Gasteiger partial charge on any atom is -0.506 e. The molecule has 9 nitrogen and oxygen atoms in total. The molecule has 7 N–H and O–H groups in total. The summed E-state index contributed by atoms with van der Waals surface area (Å²) < 4.78 is 0. The minimum atomic E-state index is -0.871. The number of aliphatic hydroxyl groups excluding tert-OH is 2. The molecule has 0 unspecified atom stereocenters. The van der Waals surface area contributed by atoms with Crippen molar-refractivity contribution in [2.24, 2.45) is 5.73 Å². The van der Waals surface area contributed by atoms with Crippen LogP contribution >= 0.6 is 0 Å². The SMILES string of the molecule is CCN(CCO)C(=O)Cc1cccc(CC(C)(C)NC[C@H](O)c2ccc(O)c(NC(N)=O)c2)c1. The van der Waals surface area contributed by atoms with Crippen LogP contribution in [0.25, 0.3) is 0 Å². The largest absolute Gasteiger partial charge is 0.506 e. The Morgan fingerprint density at radius 2 is 1.85 bits per heavy atom. The number of nitrogens with two attached hydrogens (primary N) is 1. The topological polar surface area (TPSA) is 148 Å². The van der Waals surface area contributed by atoms with Gasteiger partial charge in [0.05, 0.1) is 24.8 Å². The highest BCUT2D eigenvalue weighted by Gasteiger charge is 2.21. The fraction of sp³-hybridized carbons (Fsp3) is 0.440. The summed E-state index contributed by atoms with van der Waals surface area (Å²) in [6, 6.07) is 11.5. The zero-order chi connectivity index (χ0) is 25.3. The molecule has 0 aliphatic heterocycles. The summed E-state index contributed by atoms with van der Waals surface area (Å²) in [7, 11) is 0. The number of benzene rings is 2. The first-order chi connectivity index (χ1) is 16.0. The Labute approximate surface area is 200 Å². The van der Waals surface area contributed by atoms with Gasteiger partial charge in [-0.1, -0.05) is 30.3 Å². The maximum Gasteiger partial charge on any atom is 0.316 e. The second kappa shape index (κ2) is 12.4. The summed E-state index contributed by atoms with van der Waals surface area (Å²) in [4.78, 5) is 25.2. The number of amides is 3. The summed E-state index contributed by atoms with van der Waals surface area (Å²) in [6.07, 6.45) is 0.0697. The maximum atomic E-state index is 12.5. The number of hydrogen-bond donors (Lipinski definition) is 6. The van der Waals surface area contributed by atoms with Crippen LogP contribution in [0.3, 0.4) is 0 Å². The van der Waals surface area contributed by atoms with Crippen molar-refractivity contribution in [2.45, 2.75) is 45.3 Å². The molecule has 2 rings (SSSR count). The van der Waals surface area contributed by atoms with E-state index in [2.05, 4.69) is 10.6 Å². The lowest BCUT2D eigenvalue weighted by Crippen LogP contribution is -2.43. The minimum absolute atomic E-state index is 0.0201. The van der Waals surface area contributed by atoms with E-state index in [1.165, 1.54) is 12.1 Å². The number of β-amino-alcohol motifs (C(OH)–C–C–N with tert-alkyl or cyclic N) is 1. The Balaban J connectivity index is 1.99. The number of rotatable bonds is 12. The van der Waals surface area contributed by atoms with Crippen LogP contribution in [0.4, 0.5) is 10.5 Å². The molecule has 0 heterocycles. The highest BCUT2D eigenvalue weighted by atomic mass is 16.3. The standard InChI is InChI=1S/C25H36N4O5/c1-4-29(10-11-30)23(33)13-17-6-5-7-18(12-17)15-25(2,3)27-16-22(32)19-8-9-21(31)20(14-19)28-24(26)34/h5-9,12,14,22,27,30-32H,4,10-11,13,15-16H2,1-3H3,(H3,26,28,34)/t22-/m0/s1. The molecule has 0 saturated heterocycles. The van der Waals surface area contributed by atoms with Crippen molar-refractivity contribution in [3.63, 3.8) is 0 Å². The summed E-state index contributed by atoms with van der Waals surface area (Å²) in [5.74, 6) is -0.159. The molecule has 0 aromatic heterocycles. The van der Waals surface area contributed by atoms with Gasteiger partial charge in [-0.05, 0) is 56.0 Å². The van der Waals surface area contributed by atoms with E-state index in [0.717, 1.165) is 11.1 Å². The maximum absolute atomic E-state index is 12.5. The third-order valence-electron chi connectivity index (χ3n) is 5.53. The third-order valence-corrected chi connectivity index (χ3v) is 5.53. The lowest BCUT2D eigenvalue weighted by atomic mass is 9.93. The number of nitrogens with one attached hydrogen (secondary N) is 2. The van der Waals surface area contributed by atoms with Crippen LogP contribution in [-0.4, -0.2) is 63.9 Å². The number of carbonyl (C=O) groups excluding carboxylic acids is 2. The molecule has 0 fully saturated rings. The van der Waals surface area contributed by atoms with Crippen LogP contribution in [0.1, 0.15) is 43.6 Å². The van der Waals surface area contributed by atoms with Gasteiger partial charge in [0.2, 0.25) is 5.91 Å². The van der Waals surface area contributed by atoms with Gasteiger partial charge >= 0.3 is 6.03 Å². The zero-order valence-corrected chi connectivity index (χ0v) is 20.0. The van der Waals surface area contributed by atoms with Crippen molar-refractivity contribution in [3.8, 4) is 5.75 Å². The Bertz CT molecular complexity index is 980. The van der Waals surface area contributed by atoms with E-state index in [-0.39, 0.29) is 42.5 Å². The first-order valence-corrected chi connectivity index (χ1v) is 11.3. The molecule has 0 aliphatic carbocycles. The van der Waals surface area contributed by atoms with E-state index in [4.69, 9.17) is 10.8 Å². The van der Waals surface area contributed by atoms with E-state index in [1.54, 1.807) is 11.0 Å². The van der Waals surface area contributed by atoms with Gasteiger partial charge in [0, 0.05) is 25.2 Å². The van der Waals surface area contributed by atoms with Gasteiger partial charge in [-0.3, -0.25) is 4.79 Å². The lowest BCUT2D eigenvalue weighted by molar-refractivity contribution is -0.130. The number of aromatic hydroxyl groups is 1. The highest BCUT2D eigenvalue weighted by Crippen LogP contribution is 2.27. The summed E-state index contributed by atoms with van der Waals surface area (Å²) >= 11 is 0. The smallest absolute Gasteiger partial charge is 0.316 e. The molecular weight excluding hydrogens is 436 g/mol. The predicted octanol–water partition coefficient (Wildman–Crippen LogP) is 1.91. The summed E-state index contributed by atoms with van der Waals surface area (Å²) in [5.41, 5.74) is 7.38. The number of hydrogen-bond acceptors (Lipinski definition) is 6. The third kappa shape index (κ3) is 8.33. The fourth-order valence-corrected chi connectivity index (χ4v) is 3.77. The number of likely N-dealkylation sites (N-methyl/N-ethyl adjacent to an activating group) is 1. The van der Waals surface area contributed by atoms with E-state index in [0.29, 0.717) is 25.1 Å². The molecule has 1 atom stereocenters. The summed E-state index contributed by atoms with van der Waals surface area (Å²) in [6.45, 7) is 7.01. The van der Waals surface area contributed by atoms with Crippen molar-refractivity contribution < 1.29 is 24.9 Å². The molecular formula is C25H36N4O5. The van der Waals surface area contributed by atoms with E-state index in [1.807, 2.05) is 45.0 Å². The molecule has 2 aromatic rings. The Kier molecular flexibility index (Phi) is 9.85. The number of phenols is 1. The van der Waals surface area contributed by atoms with Crippen LogP contribution < -0.4 is 16.4 Å². The highest BCUT2D eigenvalue weighted by molar-refractivity contribution is 5.89. The van der Waals surface area contributed by atoms with Gasteiger partial charge in [0.1, 0.15) is 5.75 Å². The first kappa shape index (κ1) is 27.1. The molecule has 34 heavy (non-hydrogen) atoms. The van der Waals surface area contributed by atoms with E-state index >= 15 is 0 Å².